The predicted molar refractivity (Wildman–Crippen MR) is 139 cm³/mol. The maximum atomic E-state index is 11.7. The Morgan fingerprint density at radius 3 is 2.68 bits per heavy atom. The lowest BCUT2D eigenvalue weighted by molar-refractivity contribution is -0.0122. The molecule has 0 aliphatic carbocycles. The van der Waals surface area contributed by atoms with Gasteiger partial charge in [0, 0.05) is 61.7 Å². The van der Waals surface area contributed by atoms with Gasteiger partial charge in [0.1, 0.15) is 17.7 Å². The summed E-state index contributed by atoms with van der Waals surface area (Å²) in [5, 5.41) is 14.0. The van der Waals surface area contributed by atoms with E-state index in [4.69, 9.17) is 9.47 Å². The highest BCUT2D eigenvalue weighted by molar-refractivity contribution is 5.93. The number of ether oxygens (including phenoxy) is 2. The molecule has 10 nitrogen and oxygen atoms in total. The normalized spacial score (nSPS) is 21.0. The number of amides is 1. The number of pyridine rings is 3. The van der Waals surface area contributed by atoms with Gasteiger partial charge >= 0.3 is 0 Å². The van der Waals surface area contributed by atoms with Crippen molar-refractivity contribution in [2.45, 2.75) is 38.0 Å². The zero-order valence-corrected chi connectivity index (χ0v) is 20.8. The number of aromatic nitrogens is 4. The van der Waals surface area contributed by atoms with Crippen LogP contribution in [0.4, 0.5) is 11.6 Å². The average molecular weight is 500 g/mol. The Morgan fingerprint density at radius 1 is 1.08 bits per heavy atom. The second kappa shape index (κ2) is 9.79. The van der Waals surface area contributed by atoms with Crippen LogP contribution in [0, 0.1) is 6.92 Å². The highest BCUT2D eigenvalue weighted by Crippen LogP contribution is 2.34. The van der Waals surface area contributed by atoms with Crippen molar-refractivity contribution in [3.63, 3.8) is 0 Å². The van der Waals surface area contributed by atoms with Crippen LogP contribution in [0.2, 0.25) is 0 Å². The van der Waals surface area contributed by atoms with Crippen molar-refractivity contribution in [3.05, 3.63) is 66.2 Å². The third kappa shape index (κ3) is 4.98. The Hall–Kier alpha value is -4.02. The number of hydrogen-bond donors (Lipinski definition) is 3. The van der Waals surface area contributed by atoms with Crippen molar-refractivity contribution in [3.8, 4) is 16.9 Å². The van der Waals surface area contributed by atoms with Gasteiger partial charge in [-0.3, -0.25) is 9.78 Å². The molecule has 6 heterocycles. The van der Waals surface area contributed by atoms with Crippen LogP contribution >= 0.6 is 0 Å². The highest BCUT2D eigenvalue weighted by Gasteiger charge is 2.33. The van der Waals surface area contributed by atoms with E-state index in [0.29, 0.717) is 29.3 Å². The van der Waals surface area contributed by atoms with Crippen LogP contribution in [0.3, 0.4) is 0 Å². The van der Waals surface area contributed by atoms with Crippen LogP contribution < -0.4 is 20.7 Å². The van der Waals surface area contributed by atoms with Gasteiger partial charge in [-0.25, -0.2) is 9.50 Å². The largest absolute Gasteiger partial charge is 0.488 e. The van der Waals surface area contributed by atoms with Crippen LogP contribution in [0.25, 0.3) is 16.6 Å². The molecule has 37 heavy (non-hydrogen) atoms. The summed E-state index contributed by atoms with van der Waals surface area (Å²) in [6, 6.07) is 12.3. The van der Waals surface area contributed by atoms with Gasteiger partial charge in [0.05, 0.1) is 30.5 Å². The van der Waals surface area contributed by atoms with Gasteiger partial charge in [-0.05, 0) is 42.8 Å². The van der Waals surface area contributed by atoms with E-state index in [1.807, 2.05) is 36.0 Å². The Balaban J connectivity index is 1.24. The molecule has 10 heteroatoms. The van der Waals surface area contributed by atoms with E-state index in [9.17, 15) is 4.79 Å². The maximum absolute atomic E-state index is 11.7. The van der Waals surface area contributed by atoms with Crippen molar-refractivity contribution in [2.24, 2.45) is 0 Å². The standard InChI is InChI=1S/C27H29N7O3/c1-16-7-23(24(13-29-16)37-22-9-19-14-36-15-20(10-22)31-19)17-5-6-34-21(8-17)11-26(33-34)32-25-4-3-18(12-30-25)27(35)28-2/h3-8,11-13,19-20,22,31H,9-10,14-15H2,1-2H3,(H,28,35)(H,30,32,33)/t19-,20+,22?. The molecule has 4 aromatic rings. The van der Waals surface area contributed by atoms with Crippen LogP contribution in [-0.4, -0.2) is 63.9 Å². The lowest BCUT2D eigenvalue weighted by Gasteiger charge is -2.40. The van der Waals surface area contributed by atoms with Gasteiger partial charge in [0.25, 0.3) is 5.91 Å². The Labute approximate surface area is 214 Å². The van der Waals surface area contributed by atoms with Crippen molar-refractivity contribution in [1.29, 1.82) is 0 Å². The molecule has 190 valence electrons. The van der Waals surface area contributed by atoms with Crippen LogP contribution in [0.1, 0.15) is 28.9 Å². The summed E-state index contributed by atoms with van der Waals surface area (Å²) in [5.74, 6) is 1.88. The Morgan fingerprint density at radius 2 is 1.92 bits per heavy atom. The molecule has 3 N–H and O–H groups in total. The second-order valence-electron chi connectivity index (χ2n) is 9.58. The second-order valence-corrected chi connectivity index (χ2v) is 9.58. The van der Waals surface area contributed by atoms with E-state index in [-0.39, 0.29) is 12.0 Å². The molecule has 0 saturated carbocycles. The first kappa shape index (κ1) is 23.4. The molecule has 0 spiro atoms. The quantitative estimate of drug-likeness (QED) is 0.371. The summed E-state index contributed by atoms with van der Waals surface area (Å²) in [6.07, 6.45) is 7.26. The fourth-order valence-electron chi connectivity index (χ4n) is 5.03. The number of morpholine rings is 1. The van der Waals surface area contributed by atoms with Gasteiger partial charge < -0.3 is 25.4 Å². The molecular weight excluding hydrogens is 470 g/mol. The number of rotatable bonds is 6. The monoisotopic (exact) mass is 499 g/mol. The van der Waals surface area contributed by atoms with Gasteiger partial charge in [0.2, 0.25) is 0 Å². The van der Waals surface area contributed by atoms with E-state index >= 15 is 0 Å². The van der Waals surface area contributed by atoms with E-state index in [1.54, 1.807) is 19.2 Å². The molecule has 0 radical (unpaired) electrons. The molecule has 2 saturated heterocycles. The molecule has 2 aliphatic heterocycles. The zero-order valence-electron chi connectivity index (χ0n) is 20.8. The molecule has 6 rings (SSSR count). The molecule has 2 fully saturated rings. The summed E-state index contributed by atoms with van der Waals surface area (Å²) in [7, 11) is 1.59. The number of fused-ring (bicyclic) bond motifs is 3. The number of piperidine rings is 1. The fourth-order valence-corrected chi connectivity index (χ4v) is 5.03. The predicted octanol–water partition coefficient (Wildman–Crippen LogP) is 3.10. The number of nitrogens with zero attached hydrogens (tertiary/aromatic N) is 4. The molecule has 1 unspecified atom stereocenters. The molecular formula is C27H29N7O3. The van der Waals surface area contributed by atoms with Gasteiger partial charge in [-0.2, -0.15) is 5.10 Å². The first-order valence-corrected chi connectivity index (χ1v) is 12.5. The number of aryl methyl sites for hydroxylation is 1. The summed E-state index contributed by atoms with van der Waals surface area (Å²) in [5.41, 5.74) is 4.40. The van der Waals surface area contributed by atoms with Gasteiger partial charge in [0.15, 0.2) is 5.82 Å². The lowest BCUT2D eigenvalue weighted by Crippen LogP contribution is -2.56. The van der Waals surface area contributed by atoms with Crippen molar-refractivity contribution in [2.75, 3.05) is 25.6 Å². The van der Waals surface area contributed by atoms with Crippen molar-refractivity contribution >= 4 is 23.1 Å². The number of carbonyl (C=O) groups excluding carboxylic acids is 1. The third-order valence-electron chi connectivity index (χ3n) is 6.79. The molecule has 3 atom stereocenters. The molecule has 2 bridgehead atoms. The molecule has 2 aliphatic rings. The van der Waals surface area contributed by atoms with Crippen molar-refractivity contribution < 1.29 is 14.3 Å². The summed E-state index contributed by atoms with van der Waals surface area (Å²) in [4.78, 5) is 20.6. The van der Waals surface area contributed by atoms with E-state index in [1.165, 1.54) is 6.20 Å². The van der Waals surface area contributed by atoms with Gasteiger partial charge in [-0.1, -0.05) is 0 Å². The number of hydrogen-bond acceptors (Lipinski definition) is 8. The minimum Gasteiger partial charge on any atom is -0.488 e. The van der Waals surface area contributed by atoms with Crippen LogP contribution in [0.5, 0.6) is 5.75 Å². The summed E-state index contributed by atoms with van der Waals surface area (Å²) < 4.78 is 14.0. The average Bonchev–Trinajstić information content (AvgIpc) is 3.31. The van der Waals surface area contributed by atoms with E-state index in [2.05, 4.69) is 43.1 Å². The van der Waals surface area contributed by atoms with Crippen LogP contribution in [-0.2, 0) is 4.74 Å². The SMILES string of the molecule is CNC(=O)c1ccc(Nc2cc3cc(-c4cc(C)ncc4OC4C[C@H]5COC[C@@H](C4)N5)ccn3n2)nc1. The minimum atomic E-state index is -0.175. The topological polar surface area (TPSA) is 115 Å². The van der Waals surface area contributed by atoms with Crippen LogP contribution in [0.15, 0.2) is 55.0 Å². The highest BCUT2D eigenvalue weighted by atomic mass is 16.5. The minimum absolute atomic E-state index is 0.125. The fraction of sp³-hybridized carbons (Fsp3) is 0.333. The number of carbonyl (C=O) groups is 1. The molecule has 0 aromatic carbocycles. The Bertz CT molecular complexity index is 1420. The first-order chi connectivity index (χ1) is 18.0. The third-order valence-corrected chi connectivity index (χ3v) is 6.79. The lowest BCUT2D eigenvalue weighted by atomic mass is 9.94. The zero-order chi connectivity index (χ0) is 25.4. The number of nitrogens with one attached hydrogen (secondary N) is 3. The van der Waals surface area contributed by atoms with E-state index in [0.717, 1.165) is 54.1 Å². The van der Waals surface area contributed by atoms with Gasteiger partial charge in [-0.15, -0.1) is 0 Å². The summed E-state index contributed by atoms with van der Waals surface area (Å²) >= 11 is 0. The smallest absolute Gasteiger partial charge is 0.252 e. The molecule has 4 aromatic heterocycles. The maximum Gasteiger partial charge on any atom is 0.252 e. The first-order valence-electron chi connectivity index (χ1n) is 12.5. The van der Waals surface area contributed by atoms with E-state index < -0.39 is 0 Å². The molecule has 1 amide bonds. The summed E-state index contributed by atoms with van der Waals surface area (Å²) in [6.45, 7) is 3.45. The Kier molecular flexibility index (Phi) is 6.19. The number of anilines is 2. The van der Waals surface area contributed by atoms with Crippen molar-refractivity contribution in [1.82, 2.24) is 30.2 Å².